The quantitative estimate of drug-likeness (QED) is 0.423. The van der Waals surface area contributed by atoms with E-state index in [9.17, 15) is 9.90 Å². The molecule has 2 aliphatic rings. The number of hydrogen-bond donors (Lipinski definition) is 3. The number of aliphatic carboxylic acids is 1. The molecule has 0 aromatic rings. The SMILES string of the molecule is O=C(O)CC1(CCCCC(O)CCCCC2(CCO)CC2)CC1. The Kier molecular flexibility index (Phi) is 6.90. The number of unbranched alkanes of at least 4 members (excludes halogenated alkanes) is 2. The lowest BCUT2D eigenvalue weighted by molar-refractivity contribution is -0.138. The van der Waals surface area contributed by atoms with Crippen LogP contribution in [0.3, 0.4) is 0 Å². The molecule has 4 nitrogen and oxygen atoms in total. The van der Waals surface area contributed by atoms with Crippen molar-refractivity contribution in [1.82, 2.24) is 0 Å². The highest BCUT2D eigenvalue weighted by atomic mass is 16.4. The Morgan fingerprint density at radius 2 is 1.39 bits per heavy atom. The van der Waals surface area contributed by atoms with Crippen LogP contribution in [0.4, 0.5) is 0 Å². The third kappa shape index (κ3) is 6.80. The van der Waals surface area contributed by atoms with Crippen molar-refractivity contribution in [1.29, 1.82) is 0 Å². The predicted molar refractivity (Wildman–Crippen MR) is 90.2 cm³/mol. The first-order valence-corrected chi connectivity index (χ1v) is 9.50. The average Bonchev–Trinajstić information content (AvgIpc) is 3.39. The number of carbonyl (C=O) groups is 1. The van der Waals surface area contributed by atoms with E-state index in [4.69, 9.17) is 10.2 Å². The van der Waals surface area contributed by atoms with Gasteiger partial charge in [-0.3, -0.25) is 4.79 Å². The van der Waals surface area contributed by atoms with Gasteiger partial charge in [-0.25, -0.2) is 0 Å². The molecule has 0 heterocycles. The van der Waals surface area contributed by atoms with Crippen LogP contribution in [0.25, 0.3) is 0 Å². The minimum absolute atomic E-state index is 0.0993. The minimum atomic E-state index is -0.669. The second-order valence-electron chi connectivity index (χ2n) is 8.19. The van der Waals surface area contributed by atoms with E-state index in [2.05, 4.69) is 0 Å². The fraction of sp³-hybridized carbons (Fsp3) is 0.947. The van der Waals surface area contributed by atoms with Gasteiger partial charge in [0.15, 0.2) is 0 Å². The highest BCUT2D eigenvalue weighted by Gasteiger charge is 2.43. The van der Waals surface area contributed by atoms with Crippen molar-refractivity contribution in [3.8, 4) is 0 Å². The molecule has 0 bridgehead atoms. The maximum atomic E-state index is 10.8. The maximum absolute atomic E-state index is 10.8. The second kappa shape index (κ2) is 8.48. The van der Waals surface area contributed by atoms with Crippen LogP contribution in [0.1, 0.15) is 89.9 Å². The van der Waals surface area contributed by atoms with Crippen molar-refractivity contribution in [3.63, 3.8) is 0 Å². The van der Waals surface area contributed by atoms with Gasteiger partial charge in [0, 0.05) is 6.61 Å². The number of aliphatic hydroxyl groups is 2. The zero-order chi connectivity index (χ0) is 16.8. The lowest BCUT2D eigenvalue weighted by atomic mass is 9.93. The molecule has 0 aromatic heterocycles. The van der Waals surface area contributed by atoms with Crippen molar-refractivity contribution in [2.24, 2.45) is 10.8 Å². The monoisotopic (exact) mass is 326 g/mol. The molecule has 0 aromatic carbocycles. The third-order valence-electron chi connectivity index (χ3n) is 6.07. The molecule has 2 rings (SSSR count). The van der Waals surface area contributed by atoms with E-state index in [0.29, 0.717) is 18.4 Å². The molecule has 0 saturated heterocycles. The van der Waals surface area contributed by atoms with Gasteiger partial charge in [-0.2, -0.15) is 0 Å². The summed E-state index contributed by atoms with van der Waals surface area (Å²) >= 11 is 0. The Balaban J connectivity index is 1.44. The highest BCUT2D eigenvalue weighted by Crippen LogP contribution is 2.53. The molecule has 134 valence electrons. The summed E-state index contributed by atoms with van der Waals surface area (Å²) in [5.41, 5.74) is 0.546. The van der Waals surface area contributed by atoms with Crippen LogP contribution in [-0.4, -0.2) is 34.0 Å². The fourth-order valence-electron chi connectivity index (χ4n) is 3.96. The molecular formula is C19H34O4. The zero-order valence-corrected chi connectivity index (χ0v) is 14.4. The van der Waals surface area contributed by atoms with Crippen LogP contribution >= 0.6 is 0 Å². The first kappa shape index (κ1) is 18.7. The van der Waals surface area contributed by atoms with Gasteiger partial charge in [0.2, 0.25) is 0 Å². The van der Waals surface area contributed by atoms with Crippen molar-refractivity contribution < 1.29 is 20.1 Å². The molecule has 2 aliphatic carbocycles. The van der Waals surface area contributed by atoms with Crippen molar-refractivity contribution in [2.45, 2.75) is 96.0 Å². The normalized spacial score (nSPS) is 21.8. The molecule has 0 aliphatic heterocycles. The topological polar surface area (TPSA) is 77.8 Å². The van der Waals surface area contributed by atoms with E-state index in [1.807, 2.05) is 0 Å². The van der Waals surface area contributed by atoms with E-state index >= 15 is 0 Å². The molecule has 0 radical (unpaired) electrons. The Morgan fingerprint density at radius 1 is 0.870 bits per heavy atom. The summed E-state index contributed by atoms with van der Waals surface area (Å²) in [5, 5.41) is 28.0. The Labute approximate surface area is 140 Å². The average molecular weight is 326 g/mol. The van der Waals surface area contributed by atoms with Crippen LogP contribution < -0.4 is 0 Å². The molecule has 0 amide bonds. The molecular weight excluding hydrogens is 292 g/mol. The third-order valence-corrected chi connectivity index (χ3v) is 6.07. The number of carboxylic acid groups (broad SMARTS) is 1. The van der Waals surface area contributed by atoms with Gasteiger partial charge in [-0.1, -0.05) is 25.7 Å². The first-order chi connectivity index (χ1) is 11.0. The van der Waals surface area contributed by atoms with E-state index in [1.165, 1.54) is 25.7 Å². The Morgan fingerprint density at radius 3 is 1.83 bits per heavy atom. The lowest BCUT2D eigenvalue weighted by Gasteiger charge is -2.15. The smallest absolute Gasteiger partial charge is 0.303 e. The van der Waals surface area contributed by atoms with Gasteiger partial charge >= 0.3 is 5.97 Å². The molecule has 1 atom stereocenters. The van der Waals surface area contributed by atoms with Crippen molar-refractivity contribution in [3.05, 3.63) is 0 Å². The molecule has 2 fully saturated rings. The van der Waals surface area contributed by atoms with Crippen LogP contribution in [0.2, 0.25) is 0 Å². The predicted octanol–water partition coefficient (Wildman–Crippen LogP) is 3.89. The molecule has 0 spiro atoms. The standard InChI is InChI=1S/C19H34O4/c20-14-13-18(9-10-18)7-3-1-5-16(21)6-2-4-8-19(11-12-19)15-17(22)23/h16,20-21H,1-15H2,(H,22,23). The van der Waals surface area contributed by atoms with E-state index < -0.39 is 5.97 Å². The minimum Gasteiger partial charge on any atom is -0.481 e. The number of carboxylic acids is 1. The van der Waals surface area contributed by atoms with E-state index in [1.54, 1.807) is 0 Å². The van der Waals surface area contributed by atoms with Gasteiger partial charge in [0.05, 0.1) is 12.5 Å². The Hall–Kier alpha value is -0.610. The molecule has 3 N–H and O–H groups in total. The van der Waals surface area contributed by atoms with Crippen LogP contribution in [-0.2, 0) is 4.79 Å². The van der Waals surface area contributed by atoms with E-state index in [-0.39, 0.29) is 11.5 Å². The van der Waals surface area contributed by atoms with Crippen molar-refractivity contribution in [2.75, 3.05) is 6.61 Å². The first-order valence-electron chi connectivity index (χ1n) is 9.50. The molecule has 1 unspecified atom stereocenters. The van der Waals surface area contributed by atoms with Gasteiger partial charge < -0.3 is 15.3 Å². The number of aliphatic hydroxyl groups excluding tert-OH is 2. The highest BCUT2D eigenvalue weighted by molar-refractivity contribution is 5.68. The molecule has 4 heteroatoms. The van der Waals surface area contributed by atoms with Gasteiger partial charge in [-0.05, 0) is 68.6 Å². The van der Waals surface area contributed by atoms with Gasteiger partial charge in [0.25, 0.3) is 0 Å². The summed E-state index contributed by atoms with van der Waals surface area (Å²) in [4.78, 5) is 10.8. The lowest BCUT2D eigenvalue weighted by Crippen LogP contribution is -2.10. The van der Waals surface area contributed by atoms with Gasteiger partial charge in [-0.15, -0.1) is 0 Å². The van der Waals surface area contributed by atoms with Gasteiger partial charge in [0.1, 0.15) is 0 Å². The second-order valence-corrected chi connectivity index (χ2v) is 8.19. The fourth-order valence-corrected chi connectivity index (χ4v) is 3.96. The van der Waals surface area contributed by atoms with E-state index in [0.717, 1.165) is 57.8 Å². The Bertz CT molecular complexity index is 372. The van der Waals surface area contributed by atoms with Crippen molar-refractivity contribution >= 4 is 5.97 Å². The summed E-state index contributed by atoms with van der Waals surface area (Å²) in [6, 6.07) is 0. The van der Waals surface area contributed by atoms with Crippen LogP contribution in [0.15, 0.2) is 0 Å². The largest absolute Gasteiger partial charge is 0.481 e. The van der Waals surface area contributed by atoms with Crippen LogP contribution in [0.5, 0.6) is 0 Å². The zero-order valence-electron chi connectivity index (χ0n) is 14.4. The summed E-state index contributed by atoms with van der Waals surface area (Å²) in [6.45, 7) is 0.312. The molecule has 2 saturated carbocycles. The maximum Gasteiger partial charge on any atom is 0.303 e. The van der Waals surface area contributed by atoms with Crippen LogP contribution in [0, 0.1) is 10.8 Å². The summed E-state index contributed by atoms with van der Waals surface area (Å²) in [5.74, 6) is -0.669. The number of hydrogen-bond acceptors (Lipinski definition) is 3. The molecule has 23 heavy (non-hydrogen) atoms. The summed E-state index contributed by atoms with van der Waals surface area (Å²) in [6.07, 6.45) is 14.0. The summed E-state index contributed by atoms with van der Waals surface area (Å²) in [7, 11) is 0. The number of rotatable bonds is 14. The summed E-state index contributed by atoms with van der Waals surface area (Å²) < 4.78 is 0.